The number of aryl methyl sites for hydroxylation is 1. The van der Waals surface area contributed by atoms with Crippen molar-refractivity contribution in [3.05, 3.63) is 47.9 Å². The fourth-order valence-electron chi connectivity index (χ4n) is 2.32. The number of hydrogen-bond acceptors (Lipinski definition) is 6. The second-order valence-electron chi connectivity index (χ2n) is 5.99. The second kappa shape index (κ2) is 6.62. The molecule has 1 aliphatic rings. The number of imidazole rings is 1. The maximum Gasteiger partial charge on any atom is 0.458 e. The average molecular weight is 404 g/mol. The van der Waals surface area contributed by atoms with Crippen LogP contribution >= 0.6 is 0 Å². The minimum atomic E-state index is -4.97. The zero-order chi connectivity index (χ0) is 19.9. The number of nitrogens with zero attached hydrogens (tertiary/aromatic N) is 3. The van der Waals surface area contributed by atoms with E-state index in [0.29, 0.717) is 11.1 Å². The van der Waals surface area contributed by atoms with Crippen molar-refractivity contribution in [3.63, 3.8) is 0 Å². The average Bonchev–Trinajstić information content (AvgIpc) is 3.20. The summed E-state index contributed by atoms with van der Waals surface area (Å²) in [5, 5.41) is 12.6. The Bertz CT molecular complexity index is 970. The molecule has 1 atom stereocenters. The van der Waals surface area contributed by atoms with Crippen LogP contribution in [0.5, 0.6) is 0 Å². The van der Waals surface area contributed by atoms with E-state index in [1.54, 1.807) is 7.05 Å². The van der Waals surface area contributed by atoms with Gasteiger partial charge in [-0.15, -0.1) is 0 Å². The molecule has 1 aliphatic heterocycles. The monoisotopic (exact) mass is 404 g/mol. The van der Waals surface area contributed by atoms with E-state index >= 15 is 0 Å². The van der Waals surface area contributed by atoms with E-state index in [2.05, 4.69) is 19.7 Å². The van der Waals surface area contributed by atoms with E-state index in [1.165, 1.54) is 41.4 Å². The highest BCUT2D eigenvalue weighted by Gasteiger charge is 2.60. The van der Waals surface area contributed by atoms with Gasteiger partial charge in [0, 0.05) is 19.8 Å². The molecule has 0 aliphatic carbocycles. The number of sulfonamides is 1. The van der Waals surface area contributed by atoms with Gasteiger partial charge < -0.3 is 14.5 Å². The van der Waals surface area contributed by atoms with Gasteiger partial charge in [0.05, 0.1) is 18.5 Å². The summed E-state index contributed by atoms with van der Waals surface area (Å²) in [4.78, 5) is 7.93. The molecular formula is C15H15F3N4O4S. The van der Waals surface area contributed by atoms with Crippen molar-refractivity contribution in [1.29, 1.82) is 0 Å². The Balaban J connectivity index is 1.65. The first-order chi connectivity index (χ1) is 12.5. The third-order valence-corrected chi connectivity index (χ3v) is 5.15. The van der Waals surface area contributed by atoms with Crippen LogP contribution < -0.4 is 4.72 Å². The standard InChI is InChI=1S/C15H15F3N4O4S/c1-22-8-13(19-9-22)27(24,25)20-7-10-2-4-11(5-3-10)12-6-14(23,26-21-12)15(16,17)18/h2-5,8-9,20,23H,6-7H2,1H3. The van der Waals surface area contributed by atoms with Crippen LogP contribution in [-0.2, 0) is 28.5 Å². The third-order valence-electron chi connectivity index (χ3n) is 3.87. The van der Waals surface area contributed by atoms with Crippen molar-refractivity contribution in [2.24, 2.45) is 12.2 Å². The first kappa shape index (κ1) is 19.3. The van der Waals surface area contributed by atoms with Crippen LogP contribution in [0.25, 0.3) is 0 Å². The molecule has 1 aromatic heterocycles. The molecule has 0 radical (unpaired) electrons. The highest BCUT2D eigenvalue weighted by atomic mass is 32.2. The molecule has 2 N–H and O–H groups in total. The Morgan fingerprint density at radius 1 is 1.33 bits per heavy atom. The second-order valence-corrected chi connectivity index (χ2v) is 7.70. The van der Waals surface area contributed by atoms with Gasteiger partial charge in [0.15, 0.2) is 5.03 Å². The number of halogens is 3. The van der Waals surface area contributed by atoms with Gasteiger partial charge in [-0.2, -0.15) is 13.2 Å². The van der Waals surface area contributed by atoms with E-state index < -0.39 is 28.4 Å². The van der Waals surface area contributed by atoms with Crippen LogP contribution in [0, 0.1) is 0 Å². The van der Waals surface area contributed by atoms with Gasteiger partial charge in [0.1, 0.15) is 0 Å². The SMILES string of the molecule is Cn1cnc(S(=O)(=O)NCc2ccc(C3=NOC(O)(C(F)(F)F)C3)cc2)c1. The number of rotatable bonds is 5. The van der Waals surface area contributed by atoms with Crippen molar-refractivity contribution in [2.75, 3.05) is 0 Å². The lowest BCUT2D eigenvalue weighted by Crippen LogP contribution is -2.45. The fraction of sp³-hybridized carbons (Fsp3) is 0.333. The first-order valence-corrected chi connectivity index (χ1v) is 9.10. The van der Waals surface area contributed by atoms with Crippen molar-refractivity contribution in [2.45, 2.75) is 30.0 Å². The van der Waals surface area contributed by atoms with Crippen LogP contribution in [0.1, 0.15) is 17.5 Å². The van der Waals surface area contributed by atoms with Crippen LogP contribution in [0.15, 0.2) is 47.0 Å². The summed E-state index contributed by atoms with van der Waals surface area (Å²) in [7, 11) is -2.14. The van der Waals surface area contributed by atoms with E-state index in [0.717, 1.165) is 0 Å². The summed E-state index contributed by atoms with van der Waals surface area (Å²) in [6.45, 7) is -0.0331. The lowest BCUT2D eigenvalue weighted by atomic mass is 10.0. The van der Waals surface area contributed by atoms with Crippen LogP contribution in [0.4, 0.5) is 13.2 Å². The lowest BCUT2D eigenvalue weighted by Gasteiger charge is -2.22. The Morgan fingerprint density at radius 2 is 2.00 bits per heavy atom. The number of aliphatic hydroxyl groups is 1. The predicted molar refractivity (Wildman–Crippen MR) is 86.9 cm³/mol. The molecule has 0 spiro atoms. The quantitative estimate of drug-likeness (QED) is 0.781. The number of benzene rings is 1. The van der Waals surface area contributed by atoms with Crippen LogP contribution in [0.3, 0.4) is 0 Å². The Hall–Kier alpha value is -2.44. The topological polar surface area (TPSA) is 106 Å². The summed E-state index contributed by atoms with van der Waals surface area (Å²) in [6.07, 6.45) is -3.09. The molecule has 2 aromatic rings. The van der Waals surface area contributed by atoms with E-state index in [4.69, 9.17) is 0 Å². The maximum atomic E-state index is 12.7. The van der Waals surface area contributed by atoms with Gasteiger partial charge in [-0.3, -0.25) is 0 Å². The van der Waals surface area contributed by atoms with Crippen molar-refractivity contribution >= 4 is 15.7 Å². The molecule has 0 amide bonds. The maximum absolute atomic E-state index is 12.7. The molecule has 27 heavy (non-hydrogen) atoms. The van der Waals surface area contributed by atoms with Crippen molar-refractivity contribution in [1.82, 2.24) is 14.3 Å². The summed E-state index contributed by atoms with van der Waals surface area (Å²) in [5.74, 6) is -3.33. The Morgan fingerprint density at radius 3 is 2.52 bits per heavy atom. The minimum absolute atomic E-state index is 0.0331. The number of nitrogens with one attached hydrogen (secondary N) is 1. The molecule has 0 fully saturated rings. The van der Waals surface area contributed by atoms with Gasteiger partial charge in [-0.25, -0.2) is 18.1 Å². The number of oxime groups is 1. The predicted octanol–water partition coefficient (Wildman–Crippen LogP) is 1.27. The molecular weight excluding hydrogens is 389 g/mol. The zero-order valence-corrected chi connectivity index (χ0v) is 14.8. The molecule has 0 saturated heterocycles. The largest absolute Gasteiger partial charge is 0.458 e. The smallest absolute Gasteiger partial charge is 0.350 e. The van der Waals surface area contributed by atoms with E-state index in [9.17, 15) is 26.7 Å². The summed E-state index contributed by atoms with van der Waals surface area (Å²) >= 11 is 0. The lowest BCUT2D eigenvalue weighted by molar-refractivity contribution is -0.355. The molecule has 0 bridgehead atoms. The summed E-state index contributed by atoms with van der Waals surface area (Å²) < 4.78 is 66.3. The molecule has 3 rings (SSSR count). The first-order valence-electron chi connectivity index (χ1n) is 7.61. The van der Waals surface area contributed by atoms with Gasteiger partial charge in [-0.1, -0.05) is 29.4 Å². The normalized spacial score (nSPS) is 20.4. The molecule has 2 heterocycles. The summed E-state index contributed by atoms with van der Waals surface area (Å²) in [5.41, 5.74) is 0.839. The number of alkyl halides is 3. The molecule has 12 heteroatoms. The molecule has 8 nitrogen and oxygen atoms in total. The summed E-state index contributed by atoms with van der Waals surface area (Å²) in [6, 6.07) is 6.00. The molecule has 0 saturated carbocycles. The van der Waals surface area contributed by atoms with Gasteiger partial charge in [-0.05, 0) is 11.1 Å². The highest BCUT2D eigenvalue weighted by molar-refractivity contribution is 7.89. The number of hydrogen-bond donors (Lipinski definition) is 2. The third kappa shape index (κ3) is 3.96. The van der Waals surface area contributed by atoms with Crippen molar-refractivity contribution < 1.29 is 31.5 Å². The van der Waals surface area contributed by atoms with E-state index in [1.807, 2.05) is 0 Å². The highest BCUT2D eigenvalue weighted by Crippen LogP contribution is 2.38. The minimum Gasteiger partial charge on any atom is -0.350 e. The van der Waals surface area contributed by atoms with Gasteiger partial charge in [0.2, 0.25) is 0 Å². The zero-order valence-electron chi connectivity index (χ0n) is 13.9. The molecule has 146 valence electrons. The van der Waals surface area contributed by atoms with E-state index in [-0.39, 0.29) is 17.3 Å². The van der Waals surface area contributed by atoms with Crippen LogP contribution in [-0.4, -0.2) is 40.8 Å². The van der Waals surface area contributed by atoms with Crippen LogP contribution in [0.2, 0.25) is 0 Å². The van der Waals surface area contributed by atoms with Gasteiger partial charge in [0.25, 0.3) is 10.0 Å². The molecule has 1 aromatic carbocycles. The number of aromatic nitrogens is 2. The molecule has 1 unspecified atom stereocenters. The Labute approximate surface area is 152 Å². The van der Waals surface area contributed by atoms with Gasteiger partial charge >= 0.3 is 12.0 Å². The fourth-order valence-corrected chi connectivity index (χ4v) is 3.32. The van der Waals surface area contributed by atoms with Crippen molar-refractivity contribution in [3.8, 4) is 0 Å². The Kier molecular flexibility index (Phi) is 4.74.